The molecule has 1 aromatic carbocycles. The standard InChI is InChI=1S/C10H10BrF2NO4/c11-2-1-8(15)10(16)5-3-6(12)9(14(17)18)7(13)4-5/h3-4,8,10,15-16H,1-2H2. The summed E-state index contributed by atoms with van der Waals surface area (Å²) < 4.78 is 26.6. The summed E-state index contributed by atoms with van der Waals surface area (Å²) in [4.78, 5) is 9.18. The molecule has 1 rings (SSSR count). The highest BCUT2D eigenvalue weighted by atomic mass is 79.9. The average molecular weight is 326 g/mol. The van der Waals surface area contributed by atoms with E-state index in [1.807, 2.05) is 0 Å². The zero-order valence-electron chi connectivity index (χ0n) is 9.02. The molecule has 18 heavy (non-hydrogen) atoms. The van der Waals surface area contributed by atoms with Crippen molar-refractivity contribution in [1.82, 2.24) is 0 Å². The molecule has 0 aliphatic rings. The first-order valence-corrected chi connectivity index (χ1v) is 6.06. The number of rotatable bonds is 5. The highest BCUT2D eigenvalue weighted by Gasteiger charge is 2.26. The summed E-state index contributed by atoms with van der Waals surface area (Å²) in [5.41, 5.74) is -1.52. The Kier molecular flexibility index (Phi) is 5.12. The fourth-order valence-corrected chi connectivity index (χ4v) is 1.89. The van der Waals surface area contributed by atoms with Crippen LogP contribution in [0.2, 0.25) is 0 Å². The lowest BCUT2D eigenvalue weighted by Crippen LogP contribution is -2.19. The van der Waals surface area contributed by atoms with E-state index in [0.29, 0.717) is 17.5 Å². The summed E-state index contributed by atoms with van der Waals surface area (Å²) in [5, 5.41) is 29.9. The Morgan fingerprint density at radius 2 is 1.83 bits per heavy atom. The van der Waals surface area contributed by atoms with Gasteiger partial charge in [-0.05, 0) is 24.1 Å². The molecule has 0 saturated carbocycles. The van der Waals surface area contributed by atoms with Crippen LogP contribution in [0.3, 0.4) is 0 Å². The van der Waals surface area contributed by atoms with Gasteiger partial charge in [-0.15, -0.1) is 0 Å². The number of benzene rings is 1. The highest BCUT2D eigenvalue weighted by Crippen LogP contribution is 2.27. The van der Waals surface area contributed by atoms with Crippen molar-refractivity contribution >= 4 is 21.6 Å². The molecule has 0 radical (unpaired) electrons. The third-order valence-electron chi connectivity index (χ3n) is 2.33. The number of nitro groups is 1. The fourth-order valence-electron chi connectivity index (χ4n) is 1.42. The van der Waals surface area contributed by atoms with Gasteiger partial charge < -0.3 is 10.2 Å². The number of halogens is 3. The molecule has 0 fully saturated rings. The van der Waals surface area contributed by atoms with Crippen LogP contribution in [-0.4, -0.2) is 26.6 Å². The molecule has 100 valence electrons. The molecular weight excluding hydrogens is 316 g/mol. The van der Waals surface area contributed by atoms with Gasteiger partial charge in [-0.3, -0.25) is 10.1 Å². The van der Waals surface area contributed by atoms with E-state index in [1.54, 1.807) is 0 Å². The van der Waals surface area contributed by atoms with Gasteiger partial charge in [0.1, 0.15) is 6.10 Å². The van der Waals surface area contributed by atoms with Gasteiger partial charge >= 0.3 is 5.69 Å². The van der Waals surface area contributed by atoms with Crippen LogP contribution >= 0.6 is 15.9 Å². The van der Waals surface area contributed by atoms with E-state index in [9.17, 15) is 29.1 Å². The van der Waals surface area contributed by atoms with Gasteiger partial charge in [0.05, 0.1) is 11.0 Å². The molecule has 2 unspecified atom stereocenters. The van der Waals surface area contributed by atoms with Crippen molar-refractivity contribution in [3.8, 4) is 0 Å². The zero-order valence-corrected chi connectivity index (χ0v) is 10.6. The van der Waals surface area contributed by atoms with Crippen LogP contribution < -0.4 is 0 Å². The van der Waals surface area contributed by atoms with Crippen molar-refractivity contribution in [3.05, 3.63) is 39.4 Å². The lowest BCUT2D eigenvalue weighted by Gasteiger charge is -2.17. The van der Waals surface area contributed by atoms with Crippen molar-refractivity contribution in [2.75, 3.05) is 5.33 Å². The second-order valence-corrected chi connectivity index (χ2v) is 4.37. The predicted molar refractivity (Wildman–Crippen MR) is 62.4 cm³/mol. The van der Waals surface area contributed by atoms with E-state index in [-0.39, 0.29) is 12.0 Å². The first-order valence-electron chi connectivity index (χ1n) is 4.94. The summed E-state index contributed by atoms with van der Waals surface area (Å²) in [6.07, 6.45) is -2.56. The second-order valence-electron chi connectivity index (χ2n) is 3.58. The number of hydrogen-bond donors (Lipinski definition) is 2. The maximum Gasteiger partial charge on any atom is 0.340 e. The van der Waals surface area contributed by atoms with Crippen molar-refractivity contribution in [1.29, 1.82) is 0 Å². The topological polar surface area (TPSA) is 83.6 Å². The van der Waals surface area contributed by atoms with E-state index in [1.165, 1.54) is 0 Å². The Hall–Kier alpha value is -1.12. The molecule has 2 atom stereocenters. The Labute approximate surface area is 109 Å². The summed E-state index contributed by atoms with van der Waals surface area (Å²) in [7, 11) is 0. The van der Waals surface area contributed by atoms with Crippen LogP contribution in [-0.2, 0) is 0 Å². The largest absolute Gasteiger partial charge is 0.390 e. The normalized spacial score (nSPS) is 14.3. The molecule has 0 amide bonds. The molecule has 0 saturated heterocycles. The monoisotopic (exact) mass is 325 g/mol. The lowest BCUT2D eigenvalue weighted by molar-refractivity contribution is -0.390. The zero-order chi connectivity index (χ0) is 13.9. The quantitative estimate of drug-likeness (QED) is 0.493. The molecule has 8 heteroatoms. The fraction of sp³-hybridized carbons (Fsp3) is 0.400. The number of aliphatic hydroxyl groups is 2. The van der Waals surface area contributed by atoms with Crippen molar-refractivity contribution in [2.45, 2.75) is 18.6 Å². The molecule has 0 bridgehead atoms. The van der Waals surface area contributed by atoms with Gasteiger partial charge in [-0.25, -0.2) is 0 Å². The van der Waals surface area contributed by atoms with Crippen LogP contribution in [0.1, 0.15) is 18.1 Å². The number of nitro benzene ring substituents is 1. The molecular formula is C10H10BrF2NO4. The maximum absolute atomic E-state index is 13.3. The maximum atomic E-state index is 13.3. The lowest BCUT2D eigenvalue weighted by atomic mass is 10.0. The number of aliphatic hydroxyl groups excluding tert-OH is 2. The predicted octanol–water partition coefficient (Wildman–Crippen LogP) is 2.05. The first-order chi connectivity index (χ1) is 8.38. The highest BCUT2D eigenvalue weighted by molar-refractivity contribution is 9.09. The van der Waals surface area contributed by atoms with E-state index < -0.39 is 34.5 Å². The summed E-state index contributed by atoms with van der Waals surface area (Å²) in [6, 6.07) is 1.28. The Balaban J connectivity index is 3.10. The van der Waals surface area contributed by atoms with Crippen LogP contribution in [0.5, 0.6) is 0 Å². The first kappa shape index (κ1) is 14.9. The molecule has 0 aliphatic carbocycles. The van der Waals surface area contributed by atoms with Crippen molar-refractivity contribution in [3.63, 3.8) is 0 Å². The Morgan fingerprint density at radius 3 is 2.22 bits per heavy atom. The van der Waals surface area contributed by atoms with Gasteiger partial charge in [0.15, 0.2) is 0 Å². The minimum absolute atomic E-state index is 0.168. The third-order valence-corrected chi connectivity index (χ3v) is 2.79. The Morgan fingerprint density at radius 1 is 1.33 bits per heavy atom. The van der Waals surface area contributed by atoms with Gasteiger partial charge in [0, 0.05) is 5.33 Å². The third kappa shape index (κ3) is 3.21. The van der Waals surface area contributed by atoms with E-state index in [4.69, 9.17) is 0 Å². The molecule has 2 N–H and O–H groups in total. The molecule has 0 aliphatic heterocycles. The van der Waals surface area contributed by atoms with Crippen LogP contribution in [0.4, 0.5) is 14.5 Å². The smallest absolute Gasteiger partial charge is 0.340 e. The number of hydrogen-bond acceptors (Lipinski definition) is 4. The molecule has 0 spiro atoms. The molecule has 1 aromatic rings. The van der Waals surface area contributed by atoms with E-state index in [2.05, 4.69) is 15.9 Å². The minimum Gasteiger partial charge on any atom is -0.390 e. The van der Waals surface area contributed by atoms with Crippen LogP contribution in [0.15, 0.2) is 12.1 Å². The summed E-state index contributed by atoms with van der Waals surface area (Å²) >= 11 is 3.04. The molecule has 0 aromatic heterocycles. The van der Waals surface area contributed by atoms with Crippen molar-refractivity contribution in [2.24, 2.45) is 0 Å². The average Bonchev–Trinajstić information content (AvgIpc) is 2.26. The molecule has 5 nitrogen and oxygen atoms in total. The minimum atomic E-state index is -1.51. The van der Waals surface area contributed by atoms with Crippen LogP contribution in [0, 0.1) is 21.7 Å². The Bertz CT molecular complexity index is 434. The number of alkyl halides is 1. The van der Waals surface area contributed by atoms with Gasteiger partial charge in [0.25, 0.3) is 0 Å². The van der Waals surface area contributed by atoms with E-state index in [0.717, 1.165) is 0 Å². The van der Waals surface area contributed by atoms with Gasteiger partial charge in [0.2, 0.25) is 11.6 Å². The summed E-state index contributed by atoms with van der Waals surface area (Å²) in [6.45, 7) is 0. The molecule has 0 heterocycles. The number of nitrogens with zero attached hydrogens (tertiary/aromatic N) is 1. The van der Waals surface area contributed by atoms with Gasteiger partial charge in [-0.1, -0.05) is 15.9 Å². The van der Waals surface area contributed by atoms with E-state index >= 15 is 0 Å². The SMILES string of the molecule is O=[N+]([O-])c1c(F)cc(C(O)C(O)CCBr)cc1F. The van der Waals surface area contributed by atoms with Crippen molar-refractivity contribution < 1.29 is 23.9 Å². The second kappa shape index (κ2) is 6.17. The van der Waals surface area contributed by atoms with Gasteiger partial charge in [-0.2, -0.15) is 8.78 Å². The summed E-state index contributed by atoms with van der Waals surface area (Å²) in [5.74, 6) is -2.78. The van der Waals surface area contributed by atoms with Crippen LogP contribution in [0.25, 0.3) is 0 Å².